The van der Waals surface area contributed by atoms with Gasteiger partial charge in [-0.05, 0) is 38.1 Å². The van der Waals surface area contributed by atoms with Gasteiger partial charge in [-0.15, -0.1) is 10.2 Å². The maximum atomic E-state index is 13.6. The zero-order valence-corrected chi connectivity index (χ0v) is 17.0. The van der Waals surface area contributed by atoms with Crippen LogP contribution in [0.3, 0.4) is 0 Å². The standard InChI is InChI=1S/C20H20F6N6/c1-2-31-7-3-4-13(10-31)28-18-30-29-17(16-9-27-11-32(16)18)14-6-5-12(19(21,22)23)8-15(14)20(24,25)26/h5-6,8-9,11,13H,2-4,7,10H2,1H3,(H,28,30)/t13-/m1/s1. The molecule has 1 aliphatic heterocycles. The average molecular weight is 458 g/mol. The Morgan fingerprint density at radius 3 is 2.56 bits per heavy atom. The molecular formula is C20H20F6N6. The van der Waals surface area contributed by atoms with Crippen molar-refractivity contribution in [3.63, 3.8) is 0 Å². The molecule has 0 bridgehead atoms. The molecule has 32 heavy (non-hydrogen) atoms. The molecule has 1 fully saturated rings. The number of fused-ring (bicyclic) bond motifs is 1. The minimum absolute atomic E-state index is 0.0752. The van der Waals surface area contributed by atoms with E-state index < -0.39 is 29.0 Å². The molecule has 6 nitrogen and oxygen atoms in total. The fourth-order valence-electron chi connectivity index (χ4n) is 3.93. The smallest absolute Gasteiger partial charge is 0.350 e. The summed E-state index contributed by atoms with van der Waals surface area (Å²) in [6.07, 6.45) is -5.34. The lowest BCUT2D eigenvalue weighted by atomic mass is 10.00. The Balaban J connectivity index is 1.75. The van der Waals surface area contributed by atoms with Crippen LogP contribution in [0.2, 0.25) is 0 Å². The van der Waals surface area contributed by atoms with Crippen molar-refractivity contribution in [2.75, 3.05) is 25.0 Å². The van der Waals surface area contributed by atoms with Gasteiger partial charge in [0.25, 0.3) is 0 Å². The molecule has 0 amide bonds. The van der Waals surface area contributed by atoms with E-state index in [0.29, 0.717) is 12.0 Å². The number of halogens is 6. The van der Waals surface area contributed by atoms with Gasteiger partial charge in [0.05, 0.1) is 22.8 Å². The molecule has 12 heteroatoms. The number of rotatable bonds is 4. The topological polar surface area (TPSA) is 58.3 Å². The molecule has 4 rings (SSSR count). The van der Waals surface area contributed by atoms with Gasteiger partial charge < -0.3 is 10.2 Å². The Morgan fingerprint density at radius 2 is 1.88 bits per heavy atom. The highest BCUT2D eigenvalue weighted by Crippen LogP contribution is 2.41. The second kappa shape index (κ2) is 8.23. The van der Waals surface area contributed by atoms with Gasteiger partial charge in [0, 0.05) is 18.2 Å². The average Bonchev–Trinajstić information content (AvgIpc) is 3.23. The summed E-state index contributed by atoms with van der Waals surface area (Å²) in [7, 11) is 0. The summed E-state index contributed by atoms with van der Waals surface area (Å²) in [5.41, 5.74) is -3.31. The Hall–Kier alpha value is -2.89. The highest BCUT2D eigenvalue weighted by molar-refractivity contribution is 5.79. The number of piperidine rings is 1. The Morgan fingerprint density at radius 1 is 1.09 bits per heavy atom. The van der Waals surface area contributed by atoms with E-state index in [0.717, 1.165) is 38.5 Å². The van der Waals surface area contributed by atoms with Crippen LogP contribution in [0.5, 0.6) is 0 Å². The third-order valence-electron chi connectivity index (χ3n) is 5.55. The van der Waals surface area contributed by atoms with Crippen LogP contribution in [0, 0.1) is 0 Å². The third kappa shape index (κ3) is 4.36. The predicted octanol–water partition coefficient (Wildman–Crippen LogP) is 4.73. The van der Waals surface area contributed by atoms with Gasteiger partial charge in [-0.2, -0.15) is 26.3 Å². The van der Waals surface area contributed by atoms with Crippen molar-refractivity contribution in [2.45, 2.75) is 38.2 Å². The van der Waals surface area contributed by atoms with E-state index in [4.69, 9.17) is 0 Å². The van der Waals surface area contributed by atoms with Crippen LogP contribution in [-0.2, 0) is 12.4 Å². The van der Waals surface area contributed by atoms with Crippen molar-refractivity contribution in [2.24, 2.45) is 0 Å². The summed E-state index contributed by atoms with van der Waals surface area (Å²) < 4.78 is 81.4. The first-order valence-corrected chi connectivity index (χ1v) is 10.0. The van der Waals surface area contributed by atoms with Crippen molar-refractivity contribution >= 4 is 11.5 Å². The maximum absolute atomic E-state index is 13.6. The second-order valence-electron chi connectivity index (χ2n) is 7.65. The quantitative estimate of drug-likeness (QED) is 0.574. The molecule has 1 aromatic carbocycles. The largest absolute Gasteiger partial charge is 0.417 e. The number of anilines is 1. The zero-order chi connectivity index (χ0) is 23.1. The number of nitrogens with one attached hydrogen (secondary N) is 1. The normalized spacial score (nSPS) is 18.3. The summed E-state index contributed by atoms with van der Waals surface area (Å²) >= 11 is 0. The molecule has 1 N–H and O–H groups in total. The van der Waals surface area contributed by atoms with E-state index in [1.54, 1.807) is 0 Å². The van der Waals surface area contributed by atoms with Gasteiger partial charge in [0.1, 0.15) is 12.0 Å². The van der Waals surface area contributed by atoms with Crippen LogP contribution in [0.4, 0.5) is 32.3 Å². The summed E-state index contributed by atoms with van der Waals surface area (Å²) in [4.78, 5) is 6.26. The third-order valence-corrected chi connectivity index (χ3v) is 5.55. The van der Waals surface area contributed by atoms with Gasteiger partial charge in [-0.1, -0.05) is 13.0 Å². The molecule has 1 atom stereocenters. The van der Waals surface area contributed by atoms with E-state index in [9.17, 15) is 26.3 Å². The van der Waals surface area contributed by atoms with Gasteiger partial charge in [-0.3, -0.25) is 4.40 Å². The summed E-state index contributed by atoms with van der Waals surface area (Å²) in [5.74, 6) is 0.310. The van der Waals surface area contributed by atoms with Crippen LogP contribution in [0.1, 0.15) is 30.9 Å². The predicted molar refractivity (Wildman–Crippen MR) is 105 cm³/mol. The lowest BCUT2D eigenvalue weighted by molar-refractivity contribution is -0.142. The van der Waals surface area contributed by atoms with Crippen molar-refractivity contribution < 1.29 is 26.3 Å². The lowest BCUT2D eigenvalue weighted by Crippen LogP contribution is -2.42. The number of hydrogen-bond acceptors (Lipinski definition) is 5. The van der Waals surface area contributed by atoms with Crippen molar-refractivity contribution in [3.05, 3.63) is 41.9 Å². The van der Waals surface area contributed by atoms with Crippen molar-refractivity contribution in [1.29, 1.82) is 0 Å². The van der Waals surface area contributed by atoms with Gasteiger partial charge in [0.2, 0.25) is 5.95 Å². The molecule has 2 aromatic heterocycles. The van der Waals surface area contributed by atoms with Crippen molar-refractivity contribution in [3.8, 4) is 11.3 Å². The molecule has 0 saturated carbocycles. The highest BCUT2D eigenvalue weighted by Gasteiger charge is 2.39. The van der Waals surface area contributed by atoms with E-state index in [1.807, 2.05) is 0 Å². The molecule has 0 spiro atoms. The summed E-state index contributed by atoms with van der Waals surface area (Å²) in [5, 5.41) is 11.3. The van der Waals surface area contributed by atoms with Crippen LogP contribution < -0.4 is 5.32 Å². The fraction of sp³-hybridized carbons (Fsp3) is 0.450. The van der Waals surface area contributed by atoms with Crippen LogP contribution >= 0.6 is 0 Å². The van der Waals surface area contributed by atoms with E-state index in [2.05, 4.69) is 32.3 Å². The first-order valence-electron chi connectivity index (χ1n) is 10.0. The molecule has 1 saturated heterocycles. The minimum atomic E-state index is -5.02. The number of hydrogen-bond donors (Lipinski definition) is 1. The maximum Gasteiger partial charge on any atom is 0.417 e. The molecule has 1 aliphatic rings. The van der Waals surface area contributed by atoms with Gasteiger partial charge in [0.15, 0.2) is 0 Å². The summed E-state index contributed by atoms with van der Waals surface area (Å²) in [6.45, 7) is 4.74. The Bertz CT molecular complexity index is 1110. The molecule has 0 aliphatic carbocycles. The van der Waals surface area contributed by atoms with Gasteiger partial charge >= 0.3 is 12.4 Å². The number of imidazole rings is 1. The van der Waals surface area contributed by atoms with E-state index >= 15 is 0 Å². The number of aromatic nitrogens is 4. The number of benzene rings is 1. The number of alkyl halides is 6. The second-order valence-corrected chi connectivity index (χ2v) is 7.65. The lowest BCUT2D eigenvalue weighted by Gasteiger charge is -2.32. The first kappa shape index (κ1) is 22.3. The molecular weight excluding hydrogens is 438 g/mol. The molecule has 0 radical (unpaired) electrons. The van der Waals surface area contributed by atoms with E-state index in [1.165, 1.54) is 16.9 Å². The minimum Gasteiger partial charge on any atom is -0.350 e. The van der Waals surface area contributed by atoms with Crippen LogP contribution in [0.25, 0.3) is 16.8 Å². The number of likely N-dealkylation sites (tertiary alicyclic amines) is 1. The Kier molecular flexibility index (Phi) is 5.74. The first-order chi connectivity index (χ1) is 15.1. The van der Waals surface area contributed by atoms with Crippen LogP contribution in [-0.4, -0.2) is 50.2 Å². The Labute approximate surface area is 179 Å². The summed E-state index contributed by atoms with van der Waals surface area (Å²) in [6, 6.07) is 1.55. The zero-order valence-electron chi connectivity index (χ0n) is 17.0. The highest BCUT2D eigenvalue weighted by atomic mass is 19.4. The number of nitrogens with zero attached hydrogens (tertiary/aromatic N) is 5. The van der Waals surface area contributed by atoms with Crippen LogP contribution in [0.15, 0.2) is 30.7 Å². The number of likely N-dealkylation sites (N-methyl/N-ethyl adjacent to an activating group) is 1. The molecule has 172 valence electrons. The molecule has 3 heterocycles. The molecule has 3 aromatic rings. The van der Waals surface area contributed by atoms with Crippen molar-refractivity contribution in [1.82, 2.24) is 24.5 Å². The monoisotopic (exact) mass is 458 g/mol. The van der Waals surface area contributed by atoms with Gasteiger partial charge in [-0.25, -0.2) is 4.98 Å². The SMILES string of the molecule is CCN1CCC[C@@H](Nc2nnc(-c3ccc(C(F)(F)F)cc3C(F)(F)F)c3cncn23)C1. The fourth-order valence-corrected chi connectivity index (χ4v) is 3.93. The molecule has 0 unspecified atom stereocenters. The van der Waals surface area contributed by atoms with E-state index in [-0.39, 0.29) is 23.3 Å².